The number of carbonyl (C=O) groups is 1. The number of aryl methyl sites for hydroxylation is 1. The Balaban J connectivity index is 2.61. The van der Waals surface area contributed by atoms with E-state index in [2.05, 4.69) is 23.6 Å². The highest BCUT2D eigenvalue weighted by molar-refractivity contribution is 5.90. The first-order valence-electron chi connectivity index (χ1n) is 5.60. The van der Waals surface area contributed by atoms with E-state index in [-0.39, 0.29) is 5.97 Å². The number of esters is 1. The normalized spacial score (nSPS) is 12.2. The molecule has 1 unspecified atom stereocenters. The minimum atomic E-state index is -0.364. The summed E-state index contributed by atoms with van der Waals surface area (Å²) in [6.07, 6.45) is 2.76. The van der Waals surface area contributed by atoms with Gasteiger partial charge < -0.3 is 14.5 Å². The van der Waals surface area contributed by atoms with Crippen LogP contribution in [0.1, 0.15) is 35.2 Å². The molecule has 94 valence electrons. The van der Waals surface area contributed by atoms with E-state index in [0.29, 0.717) is 23.9 Å². The van der Waals surface area contributed by atoms with E-state index in [1.54, 1.807) is 13.0 Å². The van der Waals surface area contributed by atoms with E-state index in [9.17, 15) is 4.79 Å². The zero-order chi connectivity index (χ0) is 12.8. The SMILES string of the molecule is C=CCC(C)NCc1cc(C(=O)OC)c(C)o1. The molecule has 0 spiro atoms. The number of hydrogen-bond acceptors (Lipinski definition) is 4. The second-order valence-electron chi connectivity index (χ2n) is 3.98. The van der Waals surface area contributed by atoms with E-state index in [1.807, 2.05) is 6.08 Å². The number of ether oxygens (including phenoxy) is 1. The van der Waals surface area contributed by atoms with Gasteiger partial charge in [-0.3, -0.25) is 0 Å². The lowest BCUT2D eigenvalue weighted by Gasteiger charge is -2.09. The van der Waals surface area contributed by atoms with Gasteiger partial charge in [0.25, 0.3) is 0 Å². The summed E-state index contributed by atoms with van der Waals surface area (Å²) in [5.41, 5.74) is 0.487. The van der Waals surface area contributed by atoms with Gasteiger partial charge in [0.1, 0.15) is 17.1 Å². The van der Waals surface area contributed by atoms with Gasteiger partial charge in [-0.05, 0) is 26.3 Å². The minimum absolute atomic E-state index is 0.333. The van der Waals surface area contributed by atoms with Crippen LogP contribution in [0, 0.1) is 6.92 Å². The Hall–Kier alpha value is -1.55. The molecule has 17 heavy (non-hydrogen) atoms. The molecule has 1 atom stereocenters. The molecule has 0 bridgehead atoms. The lowest BCUT2D eigenvalue weighted by molar-refractivity contribution is 0.0599. The Morgan fingerprint density at radius 3 is 3.00 bits per heavy atom. The second-order valence-corrected chi connectivity index (χ2v) is 3.98. The summed E-state index contributed by atoms with van der Waals surface area (Å²) >= 11 is 0. The molecule has 0 aliphatic heterocycles. The van der Waals surface area contributed by atoms with Crippen LogP contribution in [-0.4, -0.2) is 19.1 Å². The molecule has 4 heteroatoms. The van der Waals surface area contributed by atoms with Crippen LogP contribution in [0.2, 0.25) is 0 Å². The molecule has 4 nitrogen and oxygen atoms in total. The average Bonchev–Trinajstić information content (AvgIpc) is 2.67. The summed E-state index contributed by atoms with van der Waals surface area (Å²) in [5, 5.41) is 3.28. The van der Waals surface area contributed by atoms with Crippen molar-refractivity contribution in [1.82, 2.24) is 5.32 Å². The third kappa shape index (κ3) is 3.75. The predicted molar refractivity (Wildman–Crippen MR) is 65.9 cm³/mol. The Kier molecular flexibility index (Phi) is 4.97. The Morgan fingerprint density at radius 1 is 1.71 bits per heavy atom. The van der Waals surface area contributed by atoms with Crippen molar-refractivity contribution in [2.24, 2.45) is 0 Å². The fraction of sp³-hybridized carbons (Fsp3) is 0.462. The third-order valence-corrected chi connectivity index (χ3v) is 2.52. The van der Waals surface area contributed by atoms with Crippen molar-refractivity contribution in [2.45, 2.75) is 32.9 Å². The van der Waals surface area contributed by atoms with Crippen molar-refractivity contribution in [2.75, 3.05) is 7.11 Å². The van der Waals surface area contributed by atoms with Crippen LogP contribution in [0.5, 0.6) is 0 Å². The van der Waals surface area contributed by atoms with Gasteiger partial charge in [0, 0.05) is 6.04 Å². The first-order chi connectivity index (χ1) is 8.08. The molecule has 0 aliphatic rings. The molecule has 1 rings (SSSR count). The summed E-state index contributed by atoms with van der Waals surface area (Å²) in [7, 11) is 1.36. The molecule has 1 heterocycles. The highest BCUT2D eigenvalue weighted by Gasteiger charge is 2.15. The summed E-state index contributed by atoms with van der Waals surface area (Å²) in [6.45, 7) is 8.09. The Morgan fingerprint density at radius 2 is 2.41 bits per heavy atom. The molecule has 0 radical (unpaired) electrons. The van der Waals surface area contributed by atoms with E-state index in [4.69, 9.17) is 4.42 Å². The minimum Gasteiger partial charge on any atom is -0.465 e. The highest BCUT2D eigenvalue weighted by atomic mass is 16.5. The van der Waals surface area contributed by atoms with Crippen molar-refractivity contribution < 1.29 is 13.9 Å². The van der Waals surface area contributed by atoms with Crippen molar-refractivity contribution >= 4 is 5.97 Å². The van der Waals surface area contributed by atoms with Gasteiger partial charge in [0.15, 0.2) is 0 Å². The van der Waals surface area contributed by atoms with Gasteiger partial charge in [0.2, 0.25) is 0 Å². The van der Waals surface area contributed by atoms with E-state index in [0.717, 1.165) is 12.2 Å². The zero-order valence-corrected chi connectivity index (χ0v) is 10.6. The van der Waals surface area contributed by atoms with Gasteiger partial charge in [0.05, 0.1) is 13.7 Å². The first-order valence-corrected chi connectivity index (χ1v) is 5.60. The monoisotopic (exact) mass is 237 g/mol. The molecular weight excluding hydrogens is 218 g/mol. The molecule has 0 saturated carbocycles. The van der Waals surface area contributed by atoms with Crippen LogP contribution in [0.25, 0.3) is 0 Å². The number of nitrogens with one attached hydrogen (secondary N) is 1. The quantitative estimate of drug-likeness (QED) is 0.610. The van der Waals surface area contributed by atoms with Gasteiger partial charge in [-0.25, -0.2) is 4.79 Å². The molecule has 0 saturated heterocycles. The lowest BCUT2D eigenvalue weighted by Crippen LogP contribution is -2.24. The fourth-order valence-corrected chi connectivity index (χ4v) is 1.55. The van der Waals surface area contributed by atoms with E-state index < -0.39 is 0 Å². The first kappa shape index (κ1) is 13.5. The number of methoxy groups -OCH3 is 1. The number of hydrogen-bond donors (Lipinski definition) is 1. The highest BCUT2D eigenvalue weighted by Crippen LogP contribution is 2.15. The molecule has 1 N–H and O–H groups in total. The smallest absolute Gasteiger partial charge is 0.341 e. The Labute approximate surface area is 102 Å². The largest absolute Gasteiger partial charge is 0.465 e. The topological polar surface area (TPSA) is 51.5 Å². The summed E-state index contributed by atoms with van der Waals surface area (Å²) in [6, 6.07) is 2.05. The van der Waals surface area contributed by atoms with Crippen LogP contribution in [0.3, 0.4) is 0 Å². The maximum Gasteiger partial charge on any atom is 0.341 e. The lowest BCUT2D eigenvalue weighted by atomic mass is 10.2. The van der Waals surface area contributed by atoms with Gasteiger partial charge >= 0.3 is 5.97 Å². The van der Waals surface area contributed by atoms with Crippen molar-refractivity contribution in [1.29, 1.82) is 0 Å². The molecule has 0 aromatic carbocycles. The summed E-state index contributed by atoms with van der Waals surface area (Å²) in [4.78, 5) is 11.4. The number of carbonyl (C=O) groups excluding carboxylic acids is 1. The van der Waals surface area contributed by atoms with Crippen LogP contribution in [0.4, 0.5) is 0 Å². The molecule has 1 aromatic heterocycles. The molecule has 0 fully saturated rings. The van der Waals surface area contributed by atoms with Crippen molar-refractivity contribution in [3.8, 4) is 0 Å². The van der Waals surface area contributed by atoms with Crippen LogP contribution in [-0.2, 0) is 11.3 Å². The van der Waals surface area contributed by atoms with Crippen LogP contribution in [0.15, 0.2) is 23.1 Å². The standard InChI is InChI=1S/C13H19NO3/c1-5-6-9(2)14-8-11-7-12(10(3)17-11)13(15)16-4/h5,7,9,14H,1,6,8H2,2-4H3. The summed E-state index contributed by atoms with van der Waals surface area (Å²) in [5.74, 6) is 0.959. The average molecular weight is 237 g/mol. The maximum absolute atomic E-state index is 11.4. The van der Waals surface area contributed by atoms with Crippen molar-refractivity contribution in [3.63, 3.8) is 0 Å². The molecule has 1 aromatic rings. The van der Waals surface area contributed by atoms with Crippen LogP contribution < -0.4 is 5.32 Å². The zero-order valence-electron chi connectivity index (χ0n) is 10.6. The van der Waals surface area contributed by atoms with Crippen LogP contribution >= 0.6 is 0 Å². The van der Waals surface area contributed by atoms with Gasteiger partial charge in [-0.15, -0.1) is 6.58 Å². The fourth-order valence-electron chi connectivity index (χ4n) is 1.55. The number of rotatable bonds is 6. The number of furan rings is 1. The summed E-state index contributed by atoms with van der Waals surface area (Å²) < 4.78 is 10.1. The Bertz CT molecular complexity index is 395. The third-order valence-electron chi connectivity index (χ3n) is 2.52. The van der Waals surface area contributed by atoms with E-state index in [1.165, 1.54) is 7.11 Å². The van der Waals surface area contributed by atoms with E-state index >= 15 is 0 Å². The van der Waals surface area contributed by atoms with Gasteiger partial charge in [-0.1, -0.05) is 6.08 Å². The van der Waals surface area contributed by atoms with Gasteiger partial charge in [-0.2, -0.15) is 0 Å². The second kappa shape index (κ2) is 6.25. The predicted octanol–water partition coefficient (Wildman–Crippen LogP) is 2.43. The molecule has 0 aliphatic carbocycles. The molecular formula is C13H19NO3. The van der Waals surface area contributed by atoms with Crippen molar-refractivity contribution in [3.05, 3.63) is 35.8 Å². The maximum atomic E-state index is 11.4. The molecule has 0 amide bonds.